The van der Waals surface area contributed by atoms with Gasteiger partial charge < -0.3 is 5.32 Å². The van der Waals surface area contributed by atoms with Crippen molar-refractivity contribution in [3.05, 3.63) is 119 Å². The first kappa shape index (κ1) is 23.7. The minimum absolute atomic E-state index is 0.0843. The van der Waals surface area contributed by atoms with Gasteiger partial charge in [-0.15, -0.1) is 11.8 Å². The molecule has 0 aliphatic carbocycles. The number of carbonyl (C=O) groups excluding carboxylic acids is 1. The Morgan fingerprint density at radius 2 is 1.76 bits per heavy atom. The quantitative estimate of drug-likeness (QED) is 0.167. The second-order valence-electron chi connectivity index (χ2n) is 7.83. The van der Waals surface area contributed by atoms with Crippen LogP contribution in [-0.2, 0) is 4.79 Å². The van der Waals surface area contributed by atoms with Gasteiger partial charge in [-0.3, -0.25) is 9.79 Å². The molecule has 0 aliphatic heterocycles. The lowest BCUT2D eigenvalue weighted by atomic mass is 10.1. The summed E-state index contributed by atoms with van der Waals surface area (Å²) in [5.41, 5.74) is 5.35. The molecule has 4 aromatic rings. The van der Waals surface area contributed by atoms with Crippen molar-refractivity contribution in [3.63, 3.8) is 0 Å². The molecule has 1 N–H and O–H groups in total. The molecule has 3 aromatic carbocycles. The number of carbonyl (C=O) groups is 1. The lowest BCUT2D eigenvalue weighted by molar-refractivity contribution is -0.115. The average molecular weight is 486 g/mol. The Hall–Kier alpha value is -3.41. The van der Waals surface area contributed by atoms with E-state index in [-0.39, 0.29) is 5.91 Å². The third kappa shape index (κ3) is 5.93. The number of hydrogen-bond donors (Lipinski definition) is 1. The Labute approximate surface area is 209 Å². The van der Waals surface area contributed by atoms with E-state index in [1.807, 2.05) is 98.8 Å². The molecule has 0 radical (unpaired) electrons. The summed E-state index contributed by atoms with van der Waals surface area (Å²) >= 11 is 7.65. The van der Waals surface area contributed by atoms with Gasteiger partial charge in [0.15, 0.2) is 0 Å². The van der Waals surface area contributed by atoms with E-state index in [0.29, 0.717) is 5.15 Å². The van der Waals surface area contributed by atoms with Crippen LogP contribution >= 0.6 is 23.4 Å². The van der Waals surface area contributed by atoms with E-state index in [0.717, 1.165) is 38.5 Å². The van der Waals surface area contributed by atoms with Crippen LogP contribution in [0.5, 0.6) is 0 Å². The number of para-hydroxylation sites is 1. The molecule has 0 saturated carbocycles. The number of amides is 1. The number of pyridine rings is 1. The van der Waals surface area contributed by atoms with Crippen LogP contribution in [0.15, 0.2) is 101 Å². The van der Waals surface area contributed by atoms with Gasteiger partial charge in [-0.05, 0) is 60.9 Å². The second kappa shape index (κ2) is 11.1. The fourth-order valence-corrected chi connectivity index (χ4v) is 4.67. The fraction of sp³-hybridized carbons (Fsp3) is 0.107. The number of aryl methyl sites for hydroxylation is 2. The van der Waals surface area contributed by atoms with Gasteiger partial charge in [0.2, 0.25) is 5.91 Å². The third-order valence-corrected chi connectivity index (χ3v) is 6.87. The number of aromatic nitrogens is 1. The predicted octanol–water partition coefficient (Wildman–Crippen LogP) is 7.57. The predicted molar refractivity (Wildman–Crippen MR) is 143 cm³/mol. The van der Waals surface area contributed by atoms with Gasteiger partial charge >= 0.3 is 0 Å². The van der Waals surface area contributed by atoms with Crippen LogP contribution in [0.2, 0.25) is 5.15 Å². The largest absolute Gasteiger partial charge is 0.325 e. The van der Waals surface area contributed by atoms with Crippen LogP contribution in [0.3, 0.4) is 0 Å². The van der Waals surface area contributed by atoms with Crippen molar-refractivity contribution in [2.24, 2.45) is 4.99 Å². The molecule has 34 heavy (non-hydrogen) atoms. The number of anilines is 1. The van der Waals surface area contributed by atoms with Gasteiger partial charge in [0, 0.05) is 28.6 Å². The SMILES string of the molecule is Cc1ccc(C)c(NC(=O)[C@H](Sc2ccccc2N=Cc2cccnc2Cl)c2ccccc2)c1. The minimum atomic E-state index is -0.459. The highest BCUT2D eigenvalue weighted by molar-refractivity contribution is 8.00. The van der Waals surface area contributed by atoms with E-state index in [1.165, 1.54) is 11.8 Å². The monoisotopic (exact) mass is 485 g/mol. The van der Waals surface area contributed by atoms with Crippen LogP contribution in [0, 0.1) is 13.8 Å². The summed E-state index contributed by atoms with van der Waals surface area (Å²) in [4.78, 5) is 23.2. The lowest BCUT2D eigenvalue weighted by Crippen LogP contribution is -2.19. The number of nitrogens with one attached hydrogen (secondary N) is 1. The van der Waals surface area contributed by atoms with Gasteiger partial charge in [-0.25, -0.2) is 4.98 Å². The van der Waals surface area contributed by atoms with Crippen molar-refractivity contribution < 1.29 is 4.79 Å². The molecule has 1 aromatic heterocycles. The van der Waals surface area contributed by atoms with Crippen molar-refractivity contribution in [3.8, 4) is 0 Å². The summed E-state index contributed by atoms with van der Waals surface area (Å²) in [7, 11) is 0. The van der Waals surface area contributed by atoms with Crippen LogP contribution in [0.25, 0.3) is 0 Å². The molecule has 1 amide bonds. The van der Waals surface area contributed by atoms with E-state index < -0.39 is 5.25 Å². The Bertz CT molecular complexity index is 1320. The number of benzene rings is 3. The van der Waals surface area contributed by atoms with Gasteiger partial charge in [0.25, 0.3) is 0 Å². The molecule has 0 spiro atoms. The van der Waals surface area contributed by atoms with Crippen LogP contribution in [0.1, 0.15) is 27.5 Å². The summed E-state index contributed by atoms with van der Waals surface area (Å²) in [6.07, 6.45) is 3.34. The molecule has 170 valence electrons. The Balaban J connectivity index is 1.65. The van der Waals surface area contributed by atoms with E-state index in [1.54, 1.807) is 12.4 Å². The summed E-state index contributed by atoms with van der Waals surface area (Å²) in [5, 5.41) is 3.07. The lowest BCUT2D eigenvalue weighted by Gasteiger charge is -2.19. The standard InChI is InChI=1S/C28H24ClN3OS/c1-19-14-15-20(2)24(17-19)32-28(33)26(21-9-4-3-5-10-21)34-25-13-7-6-12-23(25)31-18-22-11-8-16-30-27(22)29/h3-18,26H,1-2H3,(H,32,33)/t26-/m1/s1. The molecule has 0 bridgehead atoms. The first-order chi connectivity index (χ1) is 16.5. The Morgan fingerprint density at radius 3 is 2.56 bits per heavy atom. The molecule has 4 rings (SSSR count). The van der Waals surface area contributed by atoms with E-state index in [2.05, 4.69) is 15.3 Å². The van der Waals surface area contributed by atoms with Crippen molar-refractivity contribution in [1.82, 2.24) is 4.98 Å². The normalized spacial score (nSPS) is 12.0. The number of rotatable bonds is 7. The summed E-state index contributed by atoms with van der Waals surface area (Å²) in [5.74, 6) is -0.0843. The zero-order valence-corrected chi connectivity index (χ0v) is 20.5. The molecule has 1 atom stereocenters. The smallest absolute Gasteiger partial charge is 0.242 e. The van der Waals surface area contributed by atoms with Crippen LogP contribution < -0.4 is 5.32 Å². The number of thioether (sulfide) groups is 1. The maximum Gasteiger partial charge on any atom is 0.242 e. The van der Waals surface area contributed by atoms with E-state index in [4.69, 9.17) is 11.6 Å². The number of aliphatic imine (C=N–C) groups is 1. The average Bonchev–Trinajstić information content (AvgIpc) is 2.85. The fourth-order valence-electron chi connectivity index (χ4n) is 3.39. The first-order valence-corrected chi connectivity index (χ1v) is 12.1. The summed E-state index contributed by atoms with van der Waals surface area (Å²) < 4.78 is 0. The van der Waals surface area contributed by atoms with Gasteiger partial charge in [-0.2, -0.15) is 0 Å². The second-order valence-corrected chi connectivity index (χ2v) is 9.33. The maximum absolute atomic E-state index is 13.5. The van der Waals surface area contributed by atoms with Gasteiger partial charge in [0.05, 0.1) is 5.69 Å². The number of hydrogen-bond acceptors (Lipinski definition) is 4. The number of halogens is 1. The van der Waals surface area contributed by atoms with Crippen molar-refractivity contribution in [1.29, 1.82) is 0 Å². The molecular formula is C28H24ClN3OS. The number of nitrogens with zero attached hydrogens (tertiary/aromatic N) is 2. The maximum atomic E-state index is 13.5. The Kier molecular flexibility index (Phi) is 7.78. The van der Waals surface area contributed by atoms with Crippen LogP contribution in [0.4, 0.5) is 11.4 Å². The highest BCUT2D eigenvalue weighted by atomic mass is 35.5. The molecular weight excluding hydrogens is 462 g/mol. The molecule has 0 saturated heterocycles. The molecule has 0 fully saturated rings. The molecule has 6 heteroatoms. The summed E-state index contributed by atoms with van der Waals surface area (Å²) in [6, 6.07) is 27.3. The zero-order chi connectivity index (χ0) is 23.9. The molecule has 0 unspecified atom stereocenters. The molecule has 0 aliphatic rings. The topological polar surface area (TPSA) is 54.4 Å². The summed E-state index contributed by atoms with van der Waals surface area (Å²) in [6.45, 7) is 4.01. The van der Waals surface area contributed by atoms with Crippen molar-refractivity contribution in [2.45, 2.75) is 24.0 Å². The van der Waals surface area contributed by atoms with E-state index in [9.17, 15) is 4.79 Å². The third-order valence-electron chi connectivity index (χ3n) is 5.23. The van der Waals surface area contributed by atoms with Crippen molar-refractivity contribution >= 4 is 46.9 Å². The minimum Gasteiger partial charge on any atom is -0.325 e. The highest BCUT2D eigenvalue weighted by Crippen LogP contribution is 2.41. The zero-order valence-electron chi connectivity index (χ0n) is 18.9. The van der Waals surface area contributed by atoms with Crippen LogP contribution in [-0.4, -0.2) is 17.1 Å². The highest BCUT2D eigenvalue weighted by Gasteiger charge is 2.23. The van der Waals surface area contributed by atoms with Gasteiger partial charge in [0.1, 0.15) is 10.4 Å². The van der Waals surface area contributed by atoms with Gasteiger partial charge in [-0.1, -0.05) is 66.2 Å². The van der Waals surface area contributed by atoms with Crippen molar-refractivity contribution in [2.75, 3.05) is 5.32 Å². The first-order valence-electron chi connectivity index (χ1n) is 10.8. The molecule has 4 nitrogen and oxygen atoms in total. The molecule has 1 heterocycles. The Morgan fingerprint density at radius 1 is 1.00 bits per heavy atom. The van der Waals surface area contributed by atoms with E-state index >= 15 is 0 Å².